The first-order valence-corrected chi connectivity index (χ1v) is 4.48. The first kappa shape index (κ1) is 9.93. The van der Waals surface area contributed by atoms with Crippen molar-refractivity contribution in [3.8, 4) is 5.75 Å². The van der Waals surface area contributed by atoms with E-state index in [0.717, 1.165) is 0 Å². The molecule has 0 bridgehead atoms. The fourth-order valence-electron chi connectivity index (χ4n) is 1.58. The number of hydrogen-bond acceptors (Lipinski definition) is 3. The van der Waals surface area contributed by atoms with Crippen LogP contribution in [0.15, 0.2) is 30.3 Å². The Balaban J connectivity index is 2.95. The third kappa shape index (κ3) is 1.33. The van der Waals surface area contributed by atoms with Crippen LogP contribution in [0.3, 0.4) is 0 Å². The molecule has 0 unspecified atom stereocenters. The number of hydrogen-bond donors (Lipinski definition) is 2. The summed E-state index contributed by atoms with van der Waals surface area (Å²) in [7, 11) is 0. The molecule has 0 aliphatic carbocycles. The molecule has 78 valence electrons. The summed E-state index contributed by atoms with van der Waals surface area (Å²) in [5, 5.41) is 28.4. The predicted octanol–water partition coefficient (Wildman–Crippen LogP) is 2.73. The minimum absolute atomic E-state index is 0.129. The number of diazo groups is 1. The van der Waals surface area contributed by atoms with Gasteiger partial charge in [-0.25, -0.2) is 4.79 Å². The molecule has 0 aromatic heterocycles. The standard InChI is InChI=1S/C11H6N2O3/c12-13-9-7-4-2-1-3-6(7)5-8(10(9)14)11(15)16/h1-5H,(H-,14,15,16)/p+1. The molecule has 5 heteroatoms. The number of carboxylic acid groups (broad SMARTS) is 1. The maximum atomic E-state index is 10.9. The first-order chi connectivity index (χ1) is 7.65. The zero-order chi connectivity index (χ0) is 11.7. The number of rotatable bonds is 1. The summed E-state index contributed by atoms with van der Waals surface area (Å²) >= 11 is 0. The van der Waals surface area contributed by atoms with E-state index >= 15 is 0 Å². The molecule has 16 heavy (non-hydrogen) atoms. The molecule has 0 aliphatic heterocycles. The molecule has 5 nitrogen and oxygen atoms in total. The third-order valence-electron chi connectivity index (χ3n) is 2.33. The topological polar surface area (TPSA) is 85.7 Å². The van der Waals surface area contributed by atoms with Crippen LogP contribution in [-0.4, -0.2) is 16.2 Å². The van der Waals surface area contributed by atoms with Crippen molar-refractivity contribution in [2.24, 2.45) is 0 Å². The summed E-state index contributed by atoms with van der Waals surface area (Å²) in [5.41, 5.74) is -0.415. The van der Waals surface area contributed by atoms with E-state index in [1.54, 1.807) is 24.3 Å². The molecule has 0 heterocycles. The molecule has 0 spiro atoms. The van der Waals surface area contributed by atoms with Crippen molar-refractivity contribution >= 4 is 22.4 Å². The van der Waals surface area contributed by atoms with E-state index < -0.39 is 11.7 Å². The molecule has 2 rings (SSSR count). The van der Waals surface area contributed by atoms with Crippen LogP contribution < -0.4 is 0 Å². The Hall–Kier alpha value is -2.61. The number of aromatic carboxylic acids is 1. The molecule has 0 fully saturated rings. The summed E-state index contributed by atoms with van der Waals surface area (Å²) in [6, 6.07) is 8.08. The number of carboxylic acids is 1. The lowest BCUT2D eigenvalue weighted by Gasteiger charge is -1.99. The Kier molecular flexibility index (Phi) is 2.18. The van der Waals surface area contributed by atoms with Crippen LogP contribution in [0.5, 0.6) is 5.75 Å². The highest BCUT2D eigenvalue weighted by Gasteiger charge is 2.25. The summed E-state index contributed by atoms with van der Waals surface area (Å²) in [6.45, 7) is 0. The number of nitrogens with zero attached hydrogens (tertiary/aromatic N) is 2. The normalized spacial score (nSPS) is 9.94. The van der Waals surface area contributed by atoms with Crippen LogP contribution in [-0.2, 0) is 0 Å². The van der Waals surface area contributed by atoms with E-state index in [4.69, 9.17) is 10.5 Å². The maximum absolute atomic E-state index is 10.9. The van der Waals surface area contributed by atoms with E-state index in [2.05, 4.69) is 4.98 Å². The predicted molar refractivity (Wildman–Crippen MR) is 57.3 cm³/mol. The van der Waals surface area contributed by atoms with Crippen molar-refractivity contribution in [2.75, 3.05) is 0 Å². The molecular weight excluding hydrogens is 208 g/mol. The second-order valence-electron chi connectivity index (χ2n) is 3.25. The van der Waals surface area contributed by atoms with Gasteiger partial charge in [-0.05, 0) is 17.5 Å². The molecule has 0 saturated heterocycles. The Labute approximate surface area is 90.2 Å². The Morgan fingerprint density at radius 3 is 2.62 bits per heavy atom. The van der Waals surface area contributed by atoms with Gasteiger partial charge in [0, 0.05) is 0 Å². The van der Waals surface area contributed by atoms with Crippen molar-refractivity contribution in [3.05, 3.63) is 40.9 Å². The second-order valence-corrected chi connectivity index (χ2v) is 3.25. The van der Waals surface area contributed by atoms with Gasteiger partial charge in [-0.15, -0.1) is 0 Å². The van der Waals surface area contributed by atoms with Crippen molar-refractivity contribution in [3.63, 3.8) is 0 Å². The van der Waals surface area contributed by atoms with Gasteiger partial charge in [0.1, 0.15) is 5.56 Å². The highest BCUT2D eigenvalue weighted by molar-refractivity contribution is 6.05. The second kappa shape index (κ2) is 3.51. The van der Waals surface area contributed by atoms with Crippen LogP contribution in [0.4, 0.5) is 5.69 Å². The lowest BCUT2D eigenvalue weighted by molar-refractivity contribution is 0.0694. The summed E-state index contributed by atoms with van der Waals surface area (Å²) in [4.78, 5) is 13.8. The highest BCUT2D eigenvalue weighted by Crippen LogP contribution is 2.38. The average Bonchev–Trinajstić information content (AvgIpc) is 2.28. The fraction of sp³-hybridized carbons (Fsp3) is 0. The number of fused-ring (bicyclic) bond motifs is 1. The maximum Gasteiger partial charge on any atom is 0.434 e. The minimum atomic E-state index is -1.27. The lowest BCUT2D eigenvalue weighted by Crippen LogP contribution is -1.96. The molecule has 0 aliphatic rings. The third-order valence-corrected chi connectivity index (χ3v) is 2.33. The van der Waals surface area contributed by atoms with Gasteiger partial charge in [0.05, 0.1) is 5.39 Å². The Bertz CT molecular complexity index is 629. The van der Waals surface area contributed by atoms with E-state index in [1.165, 1.54) is 6.07 Å². The van der Waals surface area contributed by atoms with Crippen molar-refractivity contribution in [1.29, 1.82) is 5.39 Å². The Morgan fingerprint density at radius 2 is 2.00 bits per heavy atom. The zero-order valence-corrected chi connectivity index (χ0v) is 8.08. The lowest BCUT2D eigenvalue weighted by atomic mass is 10.0. The van der Waals surface area contributed by atoms with Crippen molar-refractivity contribution in [1.82, 2.24) is 0 Å². The smallest absolute Gasteiger partial charge is 0.434 e. The van der Waals surface area contributed by atoms with E-state index in [-0.39, 0.29) is 11.3 Å². The Morgan fingerprint density at radius 1 is 1.31 bits per heavy atom. The summed E-state index contributed by atoms with van der Waals surface area (Å²) in [6.07, 6.45) is 0. The van der Waals surface area contributed by atoms with Crippen molar-refractivity contribution < 1.29 is 15.0 Å². The van der Waals surface area contributed by atoms with Gasteiger partial charge in [-0.1, -0.05) is 18.2 Å². The van der Waals surface area contributed by atoms with Gasteiger partial charge < -0.3 is 10.2 Å². The van der Waals surface area contributed by atoms with Crippen LogP contribution >= 0.6 is 0 Å². The first-order valence-electron chi connectivity index (χ1n) is 4.48. The van der Waals surface area contributed by atoms with Crippen LogP contribution in [0.25, 0.3) is 15.7 Å². The van der Waals surface area contributed by atoms with Crippen LogP contribution in [0, 0.1) is 5.39 Å². The minimum Gasteiger partial charge on any atom is -0.501 e. The number of carbonyl (C=O) groups is 1. The molecular formula is C11H7N2O3+. The van der Waals surface area contributed by atoms with E-state index in [1.807, 2.05) is 0 Å². The van der Waals surface area contributed by atoms with Gasteiger partial charge in [-0.3, -0.25) is 0 Å². The van der Waals surface area contributed by atoms with Gasteiger partial charge in [0.2, 0.25) is 11.1 Å². The van der Waals surface area contributed by atoms with E-state index in [0.29, 0.717) is 10.8 Å². The number of aromatic hydroxyl groups is 1. The summed E-state index contributed by atoms with van der Waals surface area (Å²) < 4.78 is 0. The molecule has 0 atom stereocenters. The van der Waals surface area contributed by atoms with Crippen LogP contribution in [0.1, 0.15) is 10.4 Å². The van der Waals surface area contributed by atoms with Gasteiger partial charge >= 0.3 is 11.7 Å². The molecule has 2 N–H and O–H groups in total. The van der Waals surface area contributed by atoms with Gasteiger partial charge in [0.15, 0.2) is 4.98 Å². The number of phenols is 1. The van der Waals surface area contributed by atoms with Gasteiger partial charge in [-0.2, -0.15) is 0 Å². The average molecular weight is 215 g/mol. The SMILES string of the molecule is N#[N+]c1c(O)c(C(=O)O)cc2ccccc12. The summed E-state index contributed by atoms with van der Waals surface area (Å²) in [5.74, 6) is -1.80. The molecule has 2 aromatic carbocycles. The molecule has 2 aromatic rings. The van der Waals surface area contributed by atoms with Crippen molar-refractivity contribution in [2.45, 2.75) is 0 Å². The number of benzene rings is 2. The molecule has 0 radical (unpaired) electrons. The van der Waals surface area contributed by atoms with Crippen LogP contribution in [0.2, 0.25) is 0 Å². The molecule has 0 amide bonds. The quantitative estimate of drug-likeness (QED) is 0.716. The fourth-order valence-corrected chi connectivity index (χ4v) is 1.58. The van der Waals surface area contributed by atoms with E-state index in [9.17, 15) is 9.90 Å². The zero-order valence-electron chi connectivity index (χ0n) is 8.08. The molecule has 0 saturated carbocycles. The monoisotopic (exact) mass is 215 g/mol. The largest absolute Gasteiger partial charge is 0.501 e. The van der Waals surface area contributed by atoms with Gasteiger partial charge in [0.25, 0.3) is 0 Å². The highest BCUT2D eigenvalue weighted by atomic mass is 16.4.